The molecule has 1 fully saturated rings. The molecule has 2 aliphatic rings. The maximum atomic E-state index is 6.53. The number of nitrogens with zero attached hydrogens (tertiary/aromatic N) is 3. The molecule has 3 aromatic rings. The predicted octanol–water partition coefficient (Wildman–Crippen LogP) is 4.89. The lowest BCUT2D eigenvalue weighted by atomic mass is 9.86. The van der Waals surface area contributed by atoms with E-state index in [0.717, 1.165) is 38.6 Å². The van der Waals surface area contributed by atoms with E-state index in [-0.39, 0.29) is 6.10 Å². The summed E-state index contributed by atoms with van der Waals surface area (Å²) in [7, 11) is 2.23. The van der Waals surface area contributed by atoms with Gasteiger partial charge in [0.2, 0.25) is 0 Å². The van der Waals surface area contributed by atoms with Gasteiger partial charge in [-0.05, 0) is 68.1 Å². The summed E-state index contributed by atoms with van der Waals surface area (Å²) in [4.78, 5) is 6.65. The van der Waals surface area contributed by atoms with Crippen LogP contribution in [0.1, 0.15) is 47.8 Å². The van der Waals surface area contributed by atoms with E-state index in [1.165, 1.54) is 52.5 Å². The molecule has 0 bridgehead atoms. The number of benzene rings is 1. The minimum atomic E-state index is 0.0688. The van der Waals surface area contributed by atoms with Crippen molar-refractivity contribution in [1.29, 1.82) is 0 Å². The molecule has 5 rings (SSSR count). The molecule has 2 aromatic heterocycles. The number of rotatable bonds is 6. The van der Waals surface area contributed by atoms with Crippen LogP contribution < -0.4 is 0 Å². The lowest BCUT2D eigenvalue weighted by Crippen LogP contribution is -2.28. The van der Waals surface area contributed by atoms with Gasteiger partial charge in [0, 0.05) is 48.5 Å². The molecule has 0 amide bonds. The fourth-order valence-corrected chi connectivity index (χ4v) is 4.82. The number of likely N-dealkylation sites (N-methyl/N-ethyl adjacent to an activating group) is 1. The average Bonchev–Trinajstić information content (AvgIpc) is 2.99. The second-order valence-electron chi connectivity index (χ2n) is 8.94. The molecule has 1 aliphatic carbocycles. The van der Waals surface area contributed by atoms with Crippen LogP contribution in [0.4, 0.5) is 0 Å². The van der Waals surface area contributed by atoms with Gasteiger partial charge in [-0.15, -0.1) is 0 Å². The van der Waals surface area contributed by atoms with Crippen LogP contribution in [-0.2, 0) is 24.2 Å². The van der Waals surface area contributed by atoms with Gasteiger partial charge in [0.05, 0.1) is 13.2 Å². The van der Waals surface area contributed by atoms with Gasteiger partial charge in [0.25, 0.3) is 0 Å². The van der Waals surface area contributed by atoms with Gasteiger partial charge in [-0.1, -0.05) is 18.1 Å². The molecular weight excluding hydrogens is 358 g/mol. The van der Waals surface area contributed by atoms with Crippen LogP contribution in [0.5, 0.6) is 0 Å². The van der Waals surface area contributed by atoms with Crippen LogP contribution >= 0.6 is 0 Å². The van der Waals surface area contributed by atoms with Crippen molar-refractivity contribution < 1.29 is 4.74 Å². The van der Waals surface area contributed by atoms with Crippen LogP contribution in [0.15, 0.2) is 42.7 Å². The molecule has 0 spiro atoms. The third-order valence-electron chi connectivity index (χ3n) is 6.78. The first-order chi connectivity index (χ1) is 14.2. The SMILES string of the molecule is Cc1ccc2c(c1)c1c(n2C[C@@H](OCC2CCC2)c2ccncc2)CCN(C)C1. The van der Waals surface area contributed by atoms with E-state index in [1.807, 2.05) is 12.4 Å². The molecule has 0 radical (unpaired) electrons. The smallest absolute Gasteiger partial charge is 0.100 e. The van der Waals surface area contributed by atoms with Crippen molar-refractivity contribution in [3.8, 4) is 0 Å². The van der Waals surface area contributed by atoms with Crippen molar-refractivity contribution in [1.82, 2.24) is 14.5 Å². The number of aryl methyl sites for hydroxylation is 1. The maximum Gasteiger partial charge on any atom is 0.100 e. The summed E-state index contributed by atoms with van der Waals surface area (Å²) in [5.74, 6) is 0.742. The summed E-state index contributed by atoms with van der Waals surface area (Å²) >= 11 is 0. The summed E-state index contributed by atoms with van der Waals surface area (Å²) in [5.41, 5.74) is 6.91. The van der Waals surface area contributed by atoms with Crippen molar-refractivity contribution in [3.63, 3.8) is 0 Å². The fourth-order valence-electron chi connectivity index (χ4n) is 4.82. The lowest BCUT2D eigenvalue weighted by Gasteiger charge is -2.29. The highest BCUT2D eigenvalue weighted by atomic mass is 16.5. The van der Waals surface area contributed by atoms with Crippen molar-refractivity contribution in [3.05, 3.63) is 65.1 Å². The normalized spacial score (nSPS) is 18.6. The van der Waals surface area contributed by atoms with E-state index in [2.05, 4.69) is 58.8 Å². The molecule has 1 aromatic carbocycles. The molecule has 152 valence electrons. The van der Waals surface area contributed by atoms with Crippen molar-refractivity contribution >= 4 is 10.9 Å². The van der Waals surface area contributed by atoms with Crippen LogP contribution in [-0.4, -0.2) is 34.7 Å². The molecule has 1 saturated carbocycles. The molecule has 29 heavy (non-hydrogen) atoms. The van der Waals surface area contributed by atoms with E-state index in [0.29, 0.717) is 0 Å². The summed E-state index contributed by atoms with van der Waals surface area (Å²) in [5, 5.41) is 1.42. The first-order valence-electron chi connectivity index (χ1n) is 11.0. The maximum absolute atomic E-state index is 6.53. The molecule has 4 heteroatoms. The molecule has 4 nitrogen and oxygen atoms in total. The molecule has 0 N–H and O–H groups in total. The topological polar surface area (TPSA) is 30.3 Å². The number of ether oxygens (including phenoxy) is 1. The summed E-state index contributed by atoms with van der Waals surface area (Å²) in [6.45, 7) is 6.08. The van der Waals surface area contributed by atoms with E-state index >= 15 is 0 Å². The summed E-state index contributed by atoms with van der Waals surface area (Å²) in [6, 6.07) is 11.1. The highest BCUT2D eigenvalue weighted by Gasteiger charge is 2.26. The van der Waals surface area contributed by atoms with E-state index < -0.39 is 0 Å². The van der Waals surface area contributed by atoms with Crippen molar-refractivity contribution in [2.45, 2.75) is 51.8 Å². The Balaban J connectivity index is 1.52. The molecule has 0 unspecified atom stereocenters. The number of pyridine rings is 1. The van der Waals surface area contributed by atoms with Crippen LogP contribution in [0.3, 0.4) is 0 Å². The van der Waals surface area contributed by atoms with Gasteiger partial charge in [-0.25, -0.2) is 0 Å². The Morgan fingerprint density at radius 2 is 2.00 bits per heavy atom. The van der Waals surface area contributed by atoms with Gasteiger partial charge >= 0.3 is 0 Å². The highest BCUT2D eigenvalue weighted by molar-refractivity contribution is 5.86. The second-order valence-corrected chi connectivity index (χ2v) is 8.94. The fraction of sp³-hybridized carbons (Fsp3) is 0.480. The van der Waals surface area contributed by atoms with Gasteiger partial charge in [-0.3, -0.25) is 4.98 Å². The number of hydrogen-bond donors (Lipinski definition) is 0. The van der Waals surface area contributed by atoms with Gasteiger partial charge < -0.3 is 14.2 Å². The largest absolute Gasteiger partial charge is 0.371 e. The Morgan fingerprint density at radius 1 is 1.17 bits per heavy atom. The van der Waals surface area contributed by atoms with Gasteiger partial charge in [0.15, 0.2) is 0 Å². The third-order valence-corrected chi connectivity index (χ3v) is 6.78. The van der Waals surface area contributed by atoms with Crippen LogP contribution in [0.25, 0.3) is 10.9 Å². The van der Waals surface area contributed by atoms with E-state index in [4.69, 9.17) is 4.74 Å². The standard InChI is InChI=1S/C25H31N3O/c1-18-6-7-23-21(14-18)22-15-27(2)13-10-24(22)28(23)16-25(20-8-11-26-12-9-20)29-17-19-4-3-5-19/h6-9,11-12,14,19,25H,3-5,10,13,15-17H2,1-2H3/t25-/m1/s1. The van der Waals surface area contributed by atoms with E-state index in [1.54, 1.807) is 0 Å². The summed E-state index contributed by atoms with van der Waals surface area (Å²) < 4.78 is 9.08. The minimum Gasteiger partial charge on any atom is -0.371 e. The molecule has 0 saturated heterocycles. The van der Waals surface area contributed by atoms with Gasteiger partial charge in [-0.2, -0.15) is 0 Å². The Labute approximate surface area is 173 Å². The monoisotopic (exact) mass is 389 g/mol. The van der Waals surface area contributed by atoms with Gasteiger partial charge in [0.1, 0.15) is 6.10 Å². The first-order valence-corrected chi connectivity index (χ1v) is 11.0. The summed E-state index contributed by atoms with van der Waals surface area (Å²) in [6.07, 6.45) is 8.93. The zero-order valence-electron chi connectivity index (χ0n) is 17.6. The number of hydrogen-bond acceptors (Lipinski definition) is 3. The average molecular weight is 390 g/mol. The Morgan fingerprint density at radius 3 is 2.76 bits per heavy atom. The van der Waals surface area contributed by atoms with E-state index in [9.17, 15) is 0 Å². The zero-order valence-corrected chi connectivity index (χ0v) is 17.6. The number of aromatic nitrogens is 2. The first kappa shape index (κ1) is 18.8. The number of fused-ring (bicyclic) bond motifs is 3. The Bertz CT molecular complexity index is 990. The molecule has 3 heterocycles. The predicted molar refractivity (Wildman–Crippen MR) is 117 cm³/mol. The Kier molecular flexibility index (Phi) is 5.15. The molecular formula is C25H31N3O. The highest BCUT2D eigenvalue weighted by Crippen LogP contribution is 2.34. The lowest BCUT2D eigenvalue weighted by molar-refractivity contribution is 0.000689. The van der Waals surface area contributed by atoms with Crippen LogP contribution in [0.2, 0.25) is 0 Å². The van der Waals surface area contributed by atoms with Crippen molar-refractivity contribution in [2.75, 3.05) is 20.2 Å². The third kappa shape index (κ3) is 3.72. The van der Waals surface area contributed by atoms with Crippen LogP contribution in [0, 0.1) is 12.8 Å². The van der Waals surface area contributed by atoms with Crippen molar-refractivity contribution in [2.24, 2.45) is 5.92 Å². The Hall–Kier alpha value is -2.17. The zero-order chi connectivity index (χ0) is 19.8. The quantitative estimate of drug-likeness (QED) is 0.601. The molecule has 1 atom stereocenters. The molecule has 1 aliphatic heterocycles. The minimum absolute atomic E-state index is 0.0688. The second kappa shape index (κ2) is 7.92.